The van der Waals surface area contributed by atoms with Crippen LogP contribution in [0.2, 0.25) is 10.0 Å². The number of hydrogen-bond donors (Lipinski definition) is 2. The summed E-state index contributed by atoms with van der Waals surface area (Å²) in [7, 11) is 1.17. The third-order valence-corrected chi connectivity index (χ3v) is 6.22. The molecule has 0 aromatic heterocycles. The molecule has 0 aliphatic carbocycles. The zero-order valence-corrected chi connectivity index (χ0v) is 21.4. The van der Waals surface area contributed by atoms with Gasteiger partial charge in [-0.05, 0) is 42.0 Å². The van der Waals surface area contributed by atoms with E-state index in [4.69, 9.17) is 32.7 Å². The molecule has 3 aromatic rings. The van der Waals surface area contributed by atoms with Crippen molar-refractivity contribution in [1.82, 2.24) is 5.32 Å². The van der Waals surface area contributed by atoms with E-state index in [0.29, 0.717) is 28.0 Å². The van der Waals surface area contributed by atoms with Gasteiger partial charge < -0.3 is 24.6 Å². The number of carbonyl (C=O) groups excluding carboxylic acids is 2. The Morgan fingerprint density at radius 1 is 1.03 bits per heavy atom. The van der Waals surface area contributed by atoms with Crippen LogP contribution in [0.3, 0.4) is 0 Å². The molecule has 1 unspecified atom stereocenters. The first-order valence-electron chi connectivity index (χ1n) is 11.4. The van der Waals surface area contributed by atoms with Gasteiger partial charge in [0.25, 0.3) is 5.91 Å². The van der Waals surface area contributed by atoms with Gasteiger partial charge in [-0.15, -0.1) is 0 Å². The summed E-state index contributed by atoms with van der Waals surface area (Å²) in [5, 5.41) is 12.8. The van der Waals surface area contributed by atoms with Crippen LogP contribution in [0.4, 0.5) is 5.69 Å². The number of esters is 1. The summed E-state index contributed by atoms with van der Waals surface area (Å²) in [5.41, 5.74) is 3.76. The van der Waals surface area contributed by atoms with Crippen LogP contribution in [0.15, 0.2) is 65.7 Å². The number of amides is 1. The molecule has 0 saturated carbocycles. The van der Waals surface area contributed by atoms with E-state index in [1.165, 1.54) is 19.2 Å². The summed E-state index contributed by atoms with van der Waals surface area (Å²) in [5.74, 6) is -0.668. The predicted octanol–water partition coefficient (Wildman–Crippen LogP) is 4.54. The van der Waals surface area contributed by atoms with E-state index in [1.807, 2.05) is 24.3 Å². The number of carbonyl (C=O) groups is 2. The monoisotopic (exact) mass is 542 g/mol. The number of fused-ring (bicyclic) bond motifs is 1. The number of nitrogens with zero attached hydrogens (tertiary/aromatic N) is 1. The van der Waals surface area contributed by atoms with Gasteiger partial charge >= 0.3 is 5.97 Å². The number of nitrogens with one attached hydrogen (secondary N) is 1. The van der Waals surface area contributed by atoms with Gasteiger partial charge in [-0.3, -0.25) is 9.79 Å². The van der Waals surface area contributed by atoms with Crippen molar-refractivity contribution >= 4 is 46.5 Å². The smallest absolute Gasteiger partial charge is 0.330 e. The summed E-state index contributed by atoms with van der Waals surface area (Å²) in [6, 6.07) is 16.4. The fraction of sp³-hybridized carbons (Fsp3) is 0.222. The van der Waals surface area contributed by atoms with Crippen molar-refractivity contribution in [1.29, 1.82) is 0 Å². The lowest BCUT2D eigenvalue weighted by molar-refractivity contribution is -0.143. The topological polar surface area (TPSA) is 106 Å². The molecule has 1 aliphatic rings. The third kappa shape index (κ3) is 6.60. The summed E-state index contributed by atoms with van der Waals surface area (Å²) in [6.07, 6.45) is 0.657. The van der Waals surface area contributed by atoms with Crippen LogP contribution in [-0.4, -0.2) is 49.1 Å². The number of benzene rings is 3. The standard InChI is InChI=1S/C27H24Cl2N2O6/c1-35-27(34)23(13-32)31-26(33)17-7-9-24(36-14-18-6-8-19(28)12-21(18)29)25(11-17)37-15-20-10-16-4-2-3-5-22(16)30-20/h2-9,11-12,23,32H,10,13-15H2,1H3,(H,31,33). The van der Waals surface area contributed by atoms with Gasteiger partial charge in [0.05, 0.1) is 25.1 Å². The van der Waals surface area contributed by atoms with Crippen molar-refractivity contribution in [2.75, 3.05) is 20.3 Å². The molecule has 0 radical (unpaired) electrons. The van der Waals surface area contributed by atoms with Crippen LogP contribution in [0.1, 0.15) is 21.5 Å². The number of halogens is 2. The van der Waals surface area contributed by atoms with Crippen molar-refractivity contribution < 1.29 is 28.9 Å². The second kappa shape index (κ2) is 12.1. The molecule has 2 N–H and O–H groups in total. The molecule has 0 saturated heterocycles. The molecule has 0 fully saturated rings. The molecule has 37 heavy (non-hydrogen) atoms. The number of ether oxygens (including phenoxy) is 3. The molecule has 4 rings (SSSR count). The quantitative estimate of drug-likeness (QED) is 0.364. The predicted molar refractivity (Wildman–Crippen MR) is 140 cm³/mol. The highest BCUT2D eigenvalue weighted by atomic mass is 35.5. The highest BCUT2D eigenvalue weighted by molar-refractivity contribution is 6.35. The Bertz CT molecular complexity index is 1340. The van der Waals surface area contributed by atoms with Crippen LogP contribution in [0.25, 0.3) is 0 Å². The second-order valence-corrected chi connectivity index (χ2v) is 9.03. The van der Waals surface area contributed by atoms with Gasteiger partial charge in [0.1, 0.15) is 13.2 Å². The van der Waals surface area contributed by atoms with E-state index in [9.17, 15) is 14.7 Å². The van der Waals surface area contributed by atoms with Crippen molar-refractivity contribution in [3.63, 3.8) is 0 Å². The Balaban J connectivity index is 1.54. The van der Waals surface area contributed by atoms with E-state index < -0.39 is 24.5 Å². The van der Waals surface area contributed by atoms with Crippen molar-refractivity contribution in [3.8, 4) is 11.5 Å². The first-order chi connectivity index (χ1) is 17.9. The molecule has 1 heterocycles. The Hall–Kier alpha value is -3.59. The van der Waals surface area contributed by atoms with E-state index in [-0.39, 0.29) is 18.8 Å². The van der Waals surface area contributed by atoms with Gasteiger partial charge in [-0.25, -0.2) is 4.79 Å². The van der Waals surface area contributed by atoms with Crippen LogP contribution >= 0.6 is 23.2 Å². The molecule has 1 aliphatic heterocycles. The largest absolute Gasteiger partial charge is 0.485 e. The zero-order chi connectivity index (χ0) is 26.4. The number of rotatable bonds is 10. The molecule has 192 valence electrons. The zero-order valence-electron chi connectivity index (χ0n) is 19.9. The summed E-state index contributed by atoms with van der Waals surface area (Å²) in [4.78, 5) is 29.2. The number of hydrogen-bond acceptors (Lipinski definition) is 7. The minimum atomic E-state index is -1.20. The van der Waals surface area contributed by atoms with Crippen LogP contribution in [-0.2, 0) is 22.6 Å². The average Bonchev–Trinajstić information content (AvgIpc) is 3.33. The molecular weight excluding hydrogens is 519 g/mol. The molecular formula is C27H24Cl2N2O6. The van der Waals surface area contributed by atoms with Gasteiger partial charge in [-0.1, -0.05) is 47.5 Å². The van der Waals surface area contributed by atoms with E-state index >= 15 is 0 Å². The molecule has 10 heteroatoms. The lowest BCUT2D eigenvalue weighted by atomic mass is 10.1. The Morgan fingerprint density at radius 3 is 2.54 bits per heavy atom. The summed E-state index contributed by atoms with van der Waals surface area (Å²) < 4.78 is 16.6. The first-order valence-corrected chi connectivity index (χ1v) is 12.1. The van der Waals surface area contributed by atoms with E-state index in [2.05, 4.69) is 15.0 Å². The molecule has 0 spiro atoms. The highest BCUT2D eigenvalue weighted by Gasteiger charge is 2.22. The lowest BCUT2D eigenvalue weighted by Crippen LogP contribution is -2.44. The summed E-state index contributed by atoms with van der Waals surface area (Å²) in [6.45, 7) is -0.288. The third-order valence-electron chi connectivity index (χ3n) is 5.64. The van der Waals surface area contributed by atoms with Crippen LogP contribution in [0.5, 0.6) is 11.5 Å². The fourth-order valence-electron chi connectivity index (χ4n) is 3.68. The van der Waals surface area contributed by atoms with Crippen LogP contribution < -0.4 is 14.8 Å². The van der Waals surface area contributed by atoms with Gasteiger partial charge in [-0.2, -0.15) is 0 Å². The SMILES string of the molecule is COC(=O)C(CO)NC(=O)c1ccc(OCc2ccc(Cl)cc2Cl)c(OCC2=Nc3ccccc3C2)c1. The normalized spacial score (nSPS) is 12.8. The number of methoxy groups -OCH3 is 1. The van der Waals surface area contributed by atoms with E-state index in [1.54, 1.807) is 24.3 Å². The maximum absolute atomic E-state index is 12.8. The van der Waals surface area contributed by atoms with Gasteiger partial charge in [0.2, 0.25) is 0 Å². The Kier molecular flexibility index (Phi) is 8.66. The molecule has 1 atom stereocenters. The van der Waals surface area contributed by atoms with Crippen molar-refractivity contribution in [2.45, 2.75) is 19.1 Å². The minimum absolute atomic E-state index is 0.138. The molecule has 3 aromatic carbocycles. The highest BCUT2D eigenvalue weighted by Crippen LogP contribution is 2.32. The number of aliphatic hydroxyl groups excluding tert-OH is 1. The first kappa shape index (κ1) is 26.5. The van der Waals surface area contributed by atoms with Crippen molar-refractivity contribution in [3.05, 3.63) is 87.4 Å². The van der Waals surface area contributed by atoms with E-state index in [0.717, 1.165) is 22.5 Å². The van der Waals surface area contributed by atoms with Crippen molar-refractivity contribution in [2.24, 2.45) is 4.99 Å². The Morgan fingerprint density at radius 2 is 1.81 bits per heavy atom. The number of para-hydroxylation sites is 1. The molecule has 8 nitrogen and oxygen atoms in total. The lowest BCUT2D eigenvalue weighted by Gasteiger charge is -2.17. The number of aliphatic hydroxyl groups is 1. The minimum Gasteiger partial charge on any atom is -0.485 e. The Labute approximate surface area is 223 Å². The second-order valence-electron chi connectivity index (χ2n) is 8.19. The average molecular weight is 543 g/mol. The van der Waals surface area contributed by atoms with Gasteiger partial charge in [0.15, 0.2) is 17.5 Å². The molecule has 1 amide bonds. The fourth-order valence-corrected chi connectivity index (χ4v) is 4.15. The maximum Gasteiger partial charge on any atom is 0.330 e. The van der Waals surface area contributed by atoms with Gasteiger partial charge in [0, 0.05) is 27.6 Å². The molecule has 0 bridgehead atoms. The number of aliphatic imine (C=N–C) groups is 1. The van der Waals surface area contributed by atoms with Crippen LogP contribution in [0, 0.1) is 0 Å². The summed E-state index contributed by atoms with van der Waals surface area (Å²) >= 11 is 12.3. The maximum atomic E-state index is 12.8.